The zero-order valence-corrected chi connectivity index (χ0v) is 12.1. The standard InChI is InChI=1S/C15H19N3O4/c19-7-13-16-11-3-2-10(6-12(11)17-13)14(21)18-5-1-4-15(22,8-18)9-20/h2-3,6,19-20,22H,1,4-5,7-9H2,(H,16,17). The second-order valence-corrected chi connectivity index (χ2v) is 5.79. The minimum Gasteiger partial charge on any atom is -0.393 e. The number of fused-ring (bicyclic) bond motifs is 1. The van der Waals surface area contributed by atoms with Crippen LogP contribution in [0.25, 0.3) is 11.0 Å². The Morgan fingerprint density at radius 1 is 1.41 bits per heavy atom. The summed E-state index contributed by atoms with van der Waals surface area (Å²) in [6, 6.07) is 5.09. The van der Waals surface area contributed by atoms with Crippen LogP contribution in [0.4, 0.5) is 0 Å². The van der Waals surface area contributed by atoms with E-state index in [0.29, 0.717) is 41.8 Å². The van der Waals surface area contributed by atoms with E-state index in [1.165, 1.54) is 0 Å². The lowest BCUT2D eigenvalue weighted by Crippen LogP contribution is -2.52. The molecule has 3 rings (SSSR count). The van der Waals surface area contributed by atoms with Gasteiger partial charge in [0, 0.05) is 12.1 Å². The predicted octanol–water partition coefficient (Wildman–Crippen LogP) is 0.0146. The highest BCUT2D eigenvalue weighted by Gasteiger charge is 2.34. The van der Waals surface area contributed by atoms with Crippen molar-refractivity contribution in [1.29, 1.82) is 0 Å². The van der Waals surface area contributed by atoms with Gasteiger partial charge in [-0.1, -0.05) is 0 Å². The molecule has 1 aromatic heterocycles. The number of carbonyl (C=O) groups excluding carboxylic acids is 1. The van der Waals surface area contributed by atoms with Crippen molar-refractivity contribution < 1.29 is 20.1 Å². The lowest BCUT2D eigenvalue weighted by molar-refractivity contribution is -0.0598. The molecule has 2 heterocycles. The minimum absolute atomic E-state index is 0.130. The van der Waals surface area contributed by atoms with Gasteiger partial charge in [-0.15, -0.1) is 0 Å². The quantitative estimate of drug-likeness (QED) is 0.639. The summed E-state index contributed by atoms with van der Waals surface area (Å²) in [6.07, 6.45) is 1.15. The van der Waals surface area contributed by atoms with Crippen LogP contribution in [0.2, 0.25) is 0 Å². The average Bonchev–Trinajstić information content (AvgIpc) is 2.96. The van der Waals surface area contributed by atoms with Gasteiger partial charge in [-0.2, -0.15) is 0 Å². The molecule has 1 unspecified atom stereocenters. The topological polar surface area (TPSA) is 110 Å². The number of carbonyl (C=O) groups is 1. The molecule has 1 fully saturated rings. The van der Waals surface area contributed by atoms with Crippen LogP contribution in [0, 0.1) is 0 Å². The SMILES string of the molecule is O=C(c1ccc2nc(CO)[nH]c2c1)N1CCCC(O)(CO)C1. The number of hydrogen-bond donors (Lipinski definition) is 4. The Kier molecular flexibility index (Phi) is 3.86. The fourth-order valence-corrected chi connectivity index (χ4v) is 2.87. The van der Waals surface area contributed by atoms with Crippen molar-refractivity contribution >= 4 is 16.9 Å². The molecule has 1 aromatic carbocycles. The fraction of sp³-hybridized carbons (Fsp3) is 0.467. The number of H-pyrrole nitrogens is 1. The van der Waals surface area contributed by atoms with Crippen LogP contribution in [-0.2, 0) is 6.61 Å². The van der Waals surface area contributed by atoms with Gasteiger partial charge in [-0.05, 0) is 31.0 Å². The van der Waals surface area contributed by atoms with Crippen LogP contribution < -0.4 is 0 Å². The number of likely N-dealkylation sites (tertiary alicyclic amines) is 1. The van der Waals surface area contributed by atoms with E-state index in [0.717, 1.165) is 0 Å². The Morgan fingerprint density at radius 3 is 2.95 bits per heavy atom. The largest absolute Gasteiger partial charge is 0.393 e. The number of amides is 1. The number of nitrogens with one attached hydrogen (secondary N) is 1. The molecule has 1 aliphatic heterocycles. The van der Waals surface area contributed by atoms with E-state index >= 15 is 0 Å². The number of rotatable bonds is 3. The number of imidazole rings is 1. The third-order valence-corrected chi connectivity index (χ3v) is 4.06. The van der Waals surface area contributed by atoms with E-state index in [4.69, 9.17) is 5.11 Å². The van der Waals surface area contributed by atoms with E-state index in [1.54, 1.807) is 23.1 Å². The van der Waals surface area contributed by atoms with Crippen LogP contribution >= 0.6 is 0 Å². The predicted molar refractivity (Wildman–Crippen MR) is 79.2 cm³/mol. The lowest BCUT2D eigenvalue weighted by atomic mass is 9.93. The van der Waals surface area contributed by atoms with Crippen molar-refractivity contribution in [1.82, 2.24) is 14.9 Å². The van der Waals surface area contributed by atoms with Gasteiger partial charge in [-0.25, -0.2) is 4.98 Å². The molecular weight excluding hydrogens is 286 g/mol. The van der Waals surface area contributed by atoms with Crippen LogP contribution in [-0.4, -0.2) is 61.4 Å². The van der Waals surface area contributed by atoms with Crippen molar-refractivity contribution in [2.24, 2.45) is 0 Å². The first-order valence-electron chi connectivity index (χ1n) is 7.27. The molecule has 7 heteroatoms. The molecule has 1 amide bonds. The molecule has 2 aromatic rings. The van der Waals surface area contributed by atoms with Gasteiger partial charge in [0.25, 0.3) is 5.91 Å². The summed E-state index contributed by atoms with van der Waals surface area (Å²) < 4.78 is 0. The molecule has 0 spiro atoms. The maximum Gasteiger partial charge on any atom is 0.254 e. The normalized spacial score (nSPS) is 22.2. The number of hydrogen-bond acceptors (Lipinski definition) is 5. The molecule has 22 heavy (non-hydrogen) atoms. The van der Waals surface area contributed by atoms with E-state index in [-0.39, 0.29) is 25.7 Å². The van der Waals surface area contributed by atoms with Crippen molar-refractivity contribution in [3.05, 3.63) is 29.6 Å². The highest BCUT2D eigenvalue weighted by atomic mass is 16.3. The summed E-state index contributed by atoms with van der Waals surface area (Å²) in [5.41, 5.74) is 0.647. The molecular formula is C15H19N3O4. The summed E-state index contributed by atoms with van der Waals surface area (Å²) in [6.45, 7) is 0.152. The molecule has 1 atom stereocenters. The number of piperidine rings is 1. The van der Waals surface area contributed by atoms with E-state index < -0.39 is 5.60 Å². The maximum atomic E-state index is 12.6. The van der Waals surface area contributed by atoms with Gasteiger partial charge in [0.15, 0.2) is 0 Å². The highest BCUT2D eigenvalue weighted by molar-refractivity contribution is 5.97. The summed E-state index contributed by atoms with van der Waals surface area (Å²) >= 11 is 0. The number of aromatic amines is 1. The summed E-state index contributed by atoms with van der Waals surface area (Å²) in [7, 11) is 0. The number of aliphatic hydroxyl groups excluding tert-OH is 2. The summed E-state index contributed by atoms with van der Waals surface area (Å²) in [4.78, 5) is 21.3. The second kappa shape index (κ2) is 5.68. The molecule has 0 saturated carbocycles. The number of aromatic nitrogens is 2. The van der Waals surface area contributed by atoms with Crippen molar-refractivity contribution in [3.63, 3.8) is 0 Å². The molecule has 7 nitrogen and oxygen atoms in total. The number of aliphatic hydroxyl groups is 3. The molecule has 1 saturated heterocycles. The first-order chi connectivity index (χ1) is 10.5. The summed E-state index contributed by atoms with van der Waals surface area (Å²) in [5.74, 6) is 0.265. The average molecular weight is 305 g/mol. The minimum atomic E-state index is -1.21. The second-order valence-electron chi connectivity index (χ2n) is 5.79. The molecule has 1 aliphatic rings. The fourth-order valence-electron chi connectivity index (χ4n) is 2.87. The maximum absolute atomic E-state index is 12.6. The van der Waals surface area contributed by atoms with E-state index in [2.05, 4.69) is 9.97 Å². The Labute approximate surface area is 127 Å². The monoisotopic (exact) mass is 305 g/mol. The first kappa shape index (κ1) is 15.0. The van der Waals surface area contributed by atoms with Crippen molar-refractivity contribution in [3.8, 4) is 0 Å². The van der Waals surface area contributed by atoms with Gasteiger partial charge in [-0.3, -0.25) is 4.79 Å². The number of β-amino-alcohol motifs (C(OH)–C–C–N with tert-alkyl or cyclic N) is 1. The third-order valence-electron chi connectivity index (χ3n) is 4.06. The summed E-state index contributed by atoms with van der Waals surface area (Å²) in [5, 5.41) is 28.5. The van der Waals surface area contributed by atoms with Gasteiger partial charge in [0.2, 0.25) is 0 Å². The van der Waals surface area contributed by atoms with Crippen LogP contribution in [0.3, 0.4) is 0 Å². The Balaban J connectivity index is 1.85. The van der Waals surface area contributed by atoms with Gasteiger partial charge >= 0.3 is 0 Å². The zero-order chi connectivity index (χ0) is 15.7. The molecule has 4 N–H and O–H groups in total. The van der Waals surface area contributed by atoms with E-state index in [9.17, 15) is 15.0 Å². The van der Waals surface area contributed by atoms with Crippen molar-refractivity contribution in [2.75, 3.05) is 19.7 Å². The molecule has 118 valence electrons. The smallest absolute Gasteiger partial charge is 0.254 e. The number of benzene rings is 1. The third kappa shape index (κ3) is 2.70. The van der Waals surface area contributed by atoms with Crippen LogP contribution in [0.5, 0.6) is 0 Å². The van der Waals surface area contributed by atoms with Gasteiger partial charge in [0.05, 0.1) is 24.2 Å². The molecule has 0 aliphatic carbocycles. The molecule has 0 bridgehead atoms. The molecule has 0 radical (unpaired) electrons. The lowest BCUT2D eigenvalue weighted by Gasteiger charge is -2.38. The van der Waals surface area contributed by atoms with Crippen LogP contribution in [0.1, 0.15) is 29.0 Å². The van der Waals surface area contributed by atoms with Crippen molar-refractivity contribution in [2.45, 2.75) is 25.0 Å². The highest BCUT2D eigenvalue weighted by Crippen LogP contribution is 2.23. The Bertz CT molecular complexity index is 699. The number of nitrogens with zero attached hydrogens (tertiary/aromatic N) is 2. The van der Waals surface area contributed by atoms with Gasteiger partial charge < -0.3 is 25.2 Å². The Hall–Kier alpha value is -1.96. The van der Waals surface area contributed by atoms with Crippen LogP contribution in [0.15, 0.2) is 18.2 Å². The Morgan fingerprint density at radius 2 is 2.23 bits per heavy atom. The van der Waals surface area contributed by atoms with Gasteiger partial charge in [0.1, 0.15) is 18.0 Å². The first-order valence-corrected chi connectivity index (χ1v) is 7.27. The zero-order valence-electron chi connectivity index (χ0n) is 12.1. The van der Waals surface area contributed by atoms with E-state index in [1.807, 2.05) is 0 Å².